The van der Waals surface area contributed by atoms with Crippen molar-refractivity contribution in [3.05, 3.63) is 64.7 Å². The van der Waals surface area contributed by atoms with Crippen molar-refractivity contribution < 1.29 is 9.53 Å². The third-order valence-electron chi connectivity index (χ3n) is 4.55. The Balaban J connectivity index is 1.57. The van der Waals surface area contributed by atoms with Gasteiger partial charge in [0.25, 0.3) is 0 Å². The average molecular weight is 359 g/mol. The number of nitrogens with zero attached hydrogens (tertiary/aromatic N) is 1. The number of ether oxygens (including phenoxy) is 1. The van der Waals surface area contributed by atoms with Gasteiger partial charge in [0.15, 0.2) is 0 Å². The van der Waals surface area contributed by atoms with Crippen LogP contribution in [-0.2, 0) is 17.8 Å². The van der Waals surface area contributed by atoms with E-state index in [9.17, 15) is 4.79 Å². The molecule has 132 valence electrons. The van der Waals surface area contributed by atoms with Crippen LogP contribution in [-0.4, -0.2) is 37.0 Å². The summed E-state index contributed by atoms with van der Waals surface area (Å²) in [5.74, 6) is 0.911. The van der Waals surface area contributed by atoms with E-state index < -0.39 is 0 Å². The number of halogens is 1. The first-order chi connectivity index (χ1) is 12.1. The third-order valence-corrected chi connectivity index (χ3v) is 4.80. The van der Waals surface area contributed by atoms with Gasteiger partial charge in [0.05, 0.1) is 6.42 Å². The van der Waals surface area contributed by atoms with Crippen molar-refractivity contribution in [2.75, 3.05) is 20.1 Å². The van der Waals surface area contributed by atoms with Crippen LogP contribution in [0.3, 0.4) is 0 Å². The first-order valence-electron chi connectivity index (χ1n) is 8.54. The van der Waals surface area contributed by atoms with Gasteiger partial charge in [-0.1, -0.05) is 35.9 Å². The maximum atomic E-state index is 12.5. The summed E-state index contributed by atoms with van der Waals surface area (Å²) in [5.41, 5.74) is 2.02. The predicted octanol–water partition coefficient (Wildman–Crippen LogP) is 3.28. The molecule has 1 aliphatic rings. The topological polar surface area (TPSA) is 41.6 Å². The average Bonchev–Trinajstić information content (AvgIpc) is 3.15. The zero-order valence-corrected chi connectivity index (χ0v) is 15.1. The Hall–Kier alpha value is -2.04. The van der Waals surface area contributed by atoms with Crippen molar-refractivity contribution in [3.63, 3.8) is 0 Å². The molecule has 0 bridgehead atoms. The van der Waals surface area contributed by atoms with Gasteiger partial charge in [-0.15, -0.1) is 0 Å². The van der Waals surface area contributed by atoms with E-state index in [-0.39, 0.29) is 5.91 Å². The summed E-state index contributed by atoms with van der Waals surface area (Å²) in [5, 5.41) is 4.01. The van der Waals surface area contributed by atoms with Gasteiger partial charge in [-0.25, -0.2) is 0 Å². The summed E-state index contributed by atoms with van der Waals surface area (Å²) in [6, 6.07) is 15.6. The van der Waals surface area contributed by atoms with E-state index in [1.165, 1.54) is 0 Å². The van der Waals surface area contributed by atoms with Crippen LogP contribution in [0.2, 0.25) is 5.02 Å². The summed E-state index contributed by atoms with van der Waals surface area (Å²) in [7, 11) is 1.89. The fourth-order valence-electron chi connectivity index (χ4n) is 2.97. The molecular weight excluding hydrogens is 336 g/mol. The van der Waals surface area contributed by atoms with Gasteiger partial charge in [0, 0.05) is 24.7 Å². The van der Waals surface area contributed by atoms with Crippen LogP contribution in [0.4, 0.5) is 0 Å². The molecule has 25 heavy (non-hydrogen) atoms. The minimum Gasteiger partial charge on any atom is -0.489 e. The molecule has 1 N–H and O–H groups in total. The summed E-state index contributed by atoms with van der Waals surface area (Å²) in [6.07, 6.45) is 1.41. The molecule has 1 saturated heterocycles. The molecule has 2 aromatic carbocycles. The Labute approximate surface area is 153 Å². The van der Waals surface area contributed by atoms with Gasteiger partial charge in [0.1, 0.15) is 12.4 Å². The van der Waals surface area contributed by atoms with Gasteiger partial charge in [0.2, 0.25) is 5.91 Å². The molecule has 1 heterocycles. The van der Waals surface area contributed by atoms with E-state index >= 15 is 0 Å². The number of carbonyl (C=O) groups is 1. The van der Waals surface area contributed by atoms with Gasteiger partial charge in [-0.2, -0.15) is 0 Å². The van der Waals surface area contributed by atoms with E-state index in [1.54, 1.807) is 0 Å². The normalized spacial score (nSPS) is 16.6. The van der Waals surface area contributed by atoms with E-state index in [2.05, 4.69) is 5.32 Å². The minimum absolute atomic E-state index is 0.142. The van der Waals surface area contributed by atoms with Crippen LogP contribution < -0.4 is 10.1 Å². The fourth-order valence-corrected chi connectivity index (χ4v) is 3.09. The maximum absolute atomic E-state index is 12.5. The number of benzene rings is 2. The van der Waals surface area contributed by atoms with Crippen molar-refractivity contribution in [2.24, 2.45) is 0 Å². The van der Waals surface area contributed by atoms with Crippen molar-refractivity contribution in [1.29, 1.82) is 0 Å². The number of rotatable bonds is 6. The Bertz CT molecular complexity index is 712. The Morgan fingerprint density at radius 2 is 2.04 bits per heavy atom. The highest BCUT2D eigenvalue weighted by atomic mass is 35.5. The van der Waals surface area contributed by atoms with Crippen LogP contribution in [0.15, 0.2) is 48.5 Å². The molecule has 0 saturated carbocycles. The molecular formula is C20H23ClN2O2. The van der Waals surface area contributed by atoms with Crippen LogP contribution in [0.1, 0.15) is 17.5 Å². The van der Waals surface area contributed by atoms with E-state index in [1.807, 2.05) is 60.5 Å². The smallest absolute Gasteiger partial charge is 0.227 e. The van der Waals surface area contributed by atoms with Crippen LogP contribution in [0, 0.1) is 0 Å². The zero-order valence-electron chi connectivity index (χ0n) is 14.4. The lowest BCUT2D eigenvalue weighted by Crippen LogP contribution is -2.39. The summed E-state index contributed by atoms with van der Waals surface area (Å²) < 4.78 is 5.84. The quantitative estimate of drug-likeness (QED) is 0.861. The highest BCUT2D eigenvalue weighted by Crippen LogP contribution is 2.18. The van der Waals surface area contributed by atoms with E-state index in [0.717, 1.165) is 36.4 Å². The molecule has 4 nitrogen and oxygen atoms in total. The number of carbonyl (C=O) groups excluding carboxylic acids is 1. The lowest BCUT2D eigenvalue weighted by molar-refractivity contribution is -0.130. The van der Waals surface area contributed by atoms with Crippen molar-refractivity contribution in [1.82, 2.24) is 10.2 Å². The summed E-state index contributed by atoms with van der Waals surface area (Å²) >= 11 is 5.89. The molecule has 0 radical (unpaired) electrons. The number of nitrogens with one attached hydrogen (secondary N) is 1. The second kappa shape index (κ2) is 8.37. The maximum Gasteiger partial charge on any atom is 0.227 e. The summed E-state index contributed by atoms with van der Waals surface area (Å²) in [6.45, 7) is 2.34. The molecule has 2 aromatic rings. The number of hydrogen-bond acceptors (Lipinski definition) is 3. The monoisotopic (exact) mass is 358 g/mol. The molecule has 1 atom stereocenters. The van der Waals surface area contributed by atoms with Crippen LogP contribution >= 0.6 is 11.6 Å². The molecule has 0 aromatic heterocycles. The molecule has 1 amide bonds. The lowest BCUT2D eigenvalue weighted by Gasteiger charge is -2.23. The number of likely N-dealkylation sites (N-methyl/N-ethyl adjacent to an activating group) is 1. The molecule has 3 rings (SSSR count). The minimum atomic E-state index is 0.142. The molecule has 1 fully saturated rings. The van der Waals surface area contributed by atoms with Crippen molar-refractivity contribution in [2.45, 2.75) is 25.5 Å². The van der Waals surface area contributed by atoms with Gasteiger partial charge < -0.3 is 15.0 Å². The van der Waals surface area contributed by atoms with Gasteiger partial charge in [-0.3, -0.25) is 4.79 Å². The van der Waals surface area contributed by atoms with Crippen molar-refractivity contribution in [3.8, 4) is 5.75 Å². The first-order valence-corrected chi connectivity index (χ1v) is 8.92. The molecule has 0 aliphatic carbocycles. The molecule has 5 heteroatoms. The van der Waals surface area contributed by atoms with Crippen LogP contribution in [0.25, 0.3) is 0 Å². The third kappa shape index (κ3) is 4.97. The van der Waals surface area contributed by atoms with E-state index in [4.69, 9.17) is 16.3 Å². The highest BCUT2D eigenvalue weighted by molar-refractivity contribution is 6.30. The predicted molar refractivity (Wildman–Crippen MR) is 100.0 cm³/mol. The Morgan fingerprint density at radius 1 is 1.24 bits per heavy atom. The fraction of sp³-hybridized carbons (Fsp3) is 0.350. The summed E-state index contributed by atoms with van der Waals surface area (Å²) in [4.78, 5) is 14.3. The van der Waals surface area contributed by atoms with Crippen LogP contribution in [0.5, 0.6) is 5.75 Å². The molecule has 1 unspecified atom stereocenters. The standard InChI is InChI=1S/C20H23ClN2O2/c1-23(18-9-10-22-13-18)20(24)12-16-3-2-4-19(11-16)25-14-15-5-7-17(21)8-6-15/h2-8,11,18,22H,9-10,12-14H2,1H3. The Kier molecular flexibility index (Phi) is 5.95. The molecule has 1 aliphatic heterocycles. The van der Waals surface area contributed by atoms with Crippen molar-refractivity contribution >= 4 is 17.5 Å². The van der Waals surface area contributed by atoms with Gasteiger partial charge >= 0.3 is 0 Å². The number of amides is 1. The second-order valence-electron chi connectivity index (χ2n) is 6.39. The first kappa shape index (κ1) is 17.8. The van der Waals surface area contributed by atoms with Gasteiger partial charge in [-0.05, 0) is 48.4 Å². The highest BCUT2D eigenvalue weighted by Gasteiger charge is 2.23. The molecule has 0 spiro atoms. The number of hydrogen-bond donors (Lipinski definition) is 1. The zero-order chi connectivity index (χ0) is 17.6. The Morgan fingerprint density at radius 3 is 2.76 bits per heavy atom. The largest absolute Gasteiger partial charge is 0.489 e. The second-order valence-corrected chi connectivity index (χ2v) is 6.83. The lowest BCUT2D eigenvalue weighted by atomic mass is 10.1. The van der Waals surface area contributed by atoms with E-state index in [0.29, 0.717) is 24.1 Å². The SMILES string of the molecule is CN(C(=O)Cc1cccc(OCc2ccc(Cl)cc2)c1)C1CCNC1.